The van der Waals surface area contributed by atoms with E-state index in [0.29, 0.717) is 23.9 Å². The van der Waals surface area contributed by atoms with Crippen LogP contribution in [0.3, 0.4) is 0 Å². The molecule has 2 rings (SSSR count). The fraction of sp³-hybridized carbons (Fsp3) is 0.545. The van der Waals surface area contributed by atoms with E-state index in [4.69, 9.17) is 11.6 Å². The van der Waals surface area contributed by atoms with Crippen LogP contribution in [0.2, 0.25) is 5.02 Å². The summed E-state index contributed by atoms with van der Waals surface area (Å²) in [7, 11) is 1.77. The molecule has 0 radical (unpaired) electrons. The number of anilines is 2. The van der Waals surface area contributed by atoms with E-state index in [9.17, 15) is 8.78 Å². The van der Waals surface area contributed by atoms with Crippen molar-refractivity contribution in [1.29, 1.82) is 0 Å². The predicted octanol–water partition coefficient (Wildman–Crippen LogP) is 3.01. The average Bonchev–Trinajstić information content (AvgIpc) is 2.29. The number of alkyl halides is 2. The average molecular weight is 262 g/mol. The van der Waals surface area contributed by atoms with Crippen LogP contribution in [-0.4, -0.2) is 31.0 Å². The first kappa shape index (κ1) is 12.4. The molecule has 1 aliphatic heterocycles. The number of halogens is 3. The topological polar surface area (TPSA) is 28.2 Å². The van der Waals surface area contributed by atoms with Gasteiger partial charge in [0.25, 0.3) is 5.92 Å². The molecule has 1 aromatic heterocycles. The number of hydrogen-bond donors (Lipinski definition) is 1. The molecule has 0 atom stereocenters. The van der Waals surface area contributed by atoms with Gasteiger partial charge in [0, 0.05) is 33.0 Å². The van der Waals surface area contributed by atoms with Crippen molar-refractivity contribution < 1.29 is 8.78 Å². The fourth-order valence-corrected chi connectivity index (χ4v) is 2.13. The normalized spacial score (nSPS) is 19.2. The second-order valence-corrected chi connectivity index (χ2v) is 4.53. The first-order valence-corrected chi connectivity index (χ1v) is 5.86. The minimum Gasteiger partial charge on any atom is -0.387 e. The van der Waals surface area contributed by atoms with E-state index in [1.807, 2.05) is 0 Å². The first-order chi connectivity index (χ1) is 8.02. The van der Waals surface area contributed by atoms with Crippen LogP contribution in [0, 0.1) is 0 Å². The Kier molecular flexibility index (Phi) is 3.38. The lowest BCUT2D eigenvalue weighted by atomic mass is 10.1. The van der Waals surface area contributed by atoms with Crippen molar-refractivity contribution >= 4 is 23.1 Å². The van der Waals surface area contributed by atoms with Crippen LogP contribution in [-0.2, 0) is 0 Å². The summed E-state index contributed by atoms with van der Waals surface area (Å²) in [6.07, 6.45) is 1.37. The Morgan fingerprint density at radius 1 is 1.41 bits per heavy atom. The van der Waals surface area contributed by atoms with E-state index in [-0.39, 0.29) is 12.8 Å². The number of piperidine rings is 1. The zero-order valence-corrected chi connectivity index (χ0v) is 10.3. The van der Waals surface area contributed by atoms with Crippen LogP contribution in [0.4, 0.5) is 20.3 Å². The van der Waals surface area contributed by atoms with Crippen LogP contribution >= 0.6 is 11.6 Å². The molecule has 1 saturated heterocycles. The molecule has 0 saturated carbocycles. The molecule has 1 fully saturated rings. The Morgan fingerprint density at radius 3 is 2.59 bits per heavy atom. The van der Waals surface area contributed by atoms with Gasteiger partial charge in [-0.25, -0.2) is 13.8 Å². The zero-order chi connectivity index (χ0) is 12.5. The Bertz CT molecular complexity index is 402. The smallest absolute Gasteiger partial charge is 0.251 e. The van der Waals surface area contributed by atoms with Gasteiger partial charge in [-0.3, -0.25) is 0 Å². The molecule has 1 aromatic rings. The Labute approximate surface area is 104 Å². The minimum atomic E-state index is -2.55. The SMILES string of the molecule is CNc1cnc(N2CCC(F)(F)CC2)c(Cl)c1. The van der Waals surface area contributed by atoms with E-state index < -0.39 is 5.92 Å². The molecular formula is C11H14ClF2N3. The van der Waals surface area contributed by atoms with Crippen LogP contribution in [0.5, 0.6) is 0 Å². The predicted molar refractivity (Wildman–Crippen MR) is 65.2 cm³/mol. The molecule has 3 nitrogen and oxygen atoms in total. The lowest BCUT2D eigenvalue weighted by Crippen LogP contribution is -2.39. The Balaban J connectivity index is 2.13. The molecule has 0 aromatic carbocycles. The summed E-state index contributed by atoms with van der Waals surface area (Å²) < 4.78 is 26.0. The standard InChI is InChI=1S/C11H14ClF2N3/c1-15-8-6-9(12)10(16-7-8)17-4-2-11(13,14)3-5-17/h6-7,15H,2-5H2,1H3. The minimum absolute atomic E-state index is 0.140. The third-order valence-electron chi connectivity index (χ3n) is 2.90. The van der Waals surface area contributed by atoms with Crippen molar-refractivity contribution in [3.63, 3.8) is 0 Å². The van der Waals surface area contributed by atoms with Gasteiger partial charge in [0.15, 0.2) is 0 Å². The molecule has 0 aliphatic carbocycles. The highest BCUT2D eigenvalue weighted by molar-refractivity contribution is 6.33. The molecule has 1 N–H and O–H groups in total. The van der Waals surface area contributed by atoms with Crippen molar-refractivity contribution in [1.82, 2.24) is 4.98 Å². The number of nitrogens with one attached hydrogen (secondary N) is 1. The molecular weight excluding hydrogens is 248 g/mol. The monoisotopic (exact) mass is 261 g/mol. The highest BCUT2D eigenvalue weighted by Gasteiger charge is 2.34. The van der Waals surface area contributed by atoms with Gasteiger partial charge >= 0.3 is 0 Å². The van der Waals surface area contributed by atoms with Crippen LogP contribution in [0.1, 0.15) is 12.8 Å². The summed E-state index contributed by atoms with van der Waals surface area (Å²) in [5.74, 6) is -1.96. The quantitative estimate of drug-likeness (QED) is 0.887. The van der Waals surface area contributed by atoms with Crippen molar-refractivity contribution in [2.75, 3.05) is 30.4 Å². The van der Waals surface area contributed by atoms with Gasteiger partial charge in [0.05, 0.1) is 16.9 Å². The van der Waals surface area contributed by atoms with Crippen LogP contribution < -0.4 is 10.2 Å². The Hall–Kier alpha value is -1.10. The number of aromatic nitrogens is 1. The van der Waals surface area contributed by atoms with Crippen molar-refractivity contribution in [3.05, 3.63) is 17.3 Å². The van der Waals surface area contributed by atoms with E-state index in [0.717, 1.165) is 5.69 Å². The maximum atomic E-state index is 13.0. The maximum absolute atomic E-state index is 13.0. The summed E-state index contributed by atoms with van der Waals surface area (Å²) in [6.45, 7) is 0.581. The molecule has 2 heterocycles. The van der Waals surface area contributed by atoms with Gasteiger partial charge in [-0.05, 0) is 6.07 Å². The molecule has 0 spiro atoms. The van der Waals surface area contributed by atoms with Crippen LogP contribution in [0.25, 0.3) is 0 Å². The highest BCUT2D eigenvalue weighted by Crippen LogP contribution is 2.33. The maximum Gasteiger partial charge on any atom is 0.251 e. The van der Waals surface area contributed by atoms with Gasteiger partial charge in [0.1, 0.15) is 5.82 Å². The van der Waals surface area contributed by atoms with E-state index in [1.165, 1.54) is 0 Å². The summed E-state index contributed by atoms with van der Waals surface area (Å²) in [4.78, 5) is 6.01. The third kappa shape index (κ3) is 2.77. The van der Waals surface area contributed by atoms with Crippen molar-refractivity contribution in [2.45, 2.75) is 18.8 Å². The number of pyridine rings is 1. The largest absolute Gasteiger partial charge is 0.387 e. The molecule has 17 heavy (non-hydrogen) atoms. The molecule has 6 heteroatoms. The van der Waals surface area contributed by atoms with Crippen LogP contribution in [0.15, 0.2) is 12.3 Å². The molecule has 0 unspecified atom stereocenters. The van der Waals surface area contributed by atoms with Gasteiger partial charge in [-0.2, -0.15) is 0 Å². The summed E-state index contributed by atoms with van der Waals surface area (Å²) in [5, 5.41) is 3.41. The summed E-state index contributed by atoms with van der Waals surface area (Å²) in [5.41, 5.74) is 0.807. The van der Waals surface area contributed by atoms with Gasteiger partial charge in [-0.1, -0.05) is 11.6 Å². The molecule has 1 aliphatic rings. The van der Waals surface area contributed by atoms with Crippen molar-refractivity contribution in [3.8, 4) is 0 Å². The summed E-state index contributed by atoms with van der Waals surface area (Å²) in [6, 6.07) is 1.75. The second kappa shape index (κ2) is 4.64. The number of nitrogens with zero attached hydrogens (tertiary/aromatic N) is 2. The first-order valence-electron chi connectivity index (χ1n) is 5.48. The van der Waals surface area contributed by atoms with Gasteiger partial charge < -0.3 is 10.2 Å². The Morgan fingerprint density at radius 2 is 2.06 bits per heavy atom. The fourth-order valence-electron chi connectivity index (χ4n) is 1.85. The van der Waals surface area contributed by atoms with E-state index in [2.05, 4.69) is 10.3 Å². The van der Waals surface area contributed by atoms with E-state index >= 15 is 0 Å². The molecule has 0 amide bonds. The van der Waals surface area contributed by atoms with E-state index in [1.54, 1.807) is 24.2 Å². The van der Waals surface area contributed by atoms with Gasteiger partial charge in [-0.15, -0.1) is 0 Å². The van der Waals surface area contributed by atoms with Gasteiger partial charge in [0.2, 0.25) is 0 Å². The zero-order valence-electron chi connectivity index (χ0n) is 9.51. The lowest BCUT2D eigenvalue weighted by Gasteiger charge is -2.33. The number of rotatable bonds is 2. The summed E-state index contributed by atoms with van der Waals surface area (Å²) >= 11 is 6.08. The number of hydrogen-bond acceptors (Lipinski definition) is 3. The molecule has 94 valence electrons. The lowest BCUT2D eigenvalue weighted by molar-refractivity contribution is -0.0221. The molecule has 0 bridgehead atoms. The second-order valence-electron chi connectivity index (χ2n) is 4.12. The highest BCUT2D eigenvalue weighted by atomic mass is 35.5. The third-order valence-corrected chi connectivity index (χ3v) is 3.18. The van der Waals surface area contributed by atoms with Crippen molar-refractivity contribution in [2.24, 2.45) is 0 Å².